The van der Waals surface area contributed by atoms with Crippen molar-refractivity contribution in [3.63, 3.8) is 0 Å². The van der Waals surface area contributed by atoms with Gasteiger partial charge in [-0.1, -0.05) is 42.3 Å². The van der Waals surface area contributed by atoms with E-state index in [9.17, 15) is 9.90 Å². The van der Waals surface area contributed by atoms with Gasteiger partial charge in [0.25, 0.3) is 0 Å². The molecule has 0 aromatic heterocycles. The molecule has 2 atom stereocenters. The van der Waals surface area contributed by atoms with E-state index >= 15 is 0 Å². The Morgan fingerprint density at radius 3 is 2.48 bits per heavy atom. The lowest BCUT2D eigenvalue weighted by molar-refractivity contribution is -0.145. The van der Waals surface area contributed by atoms with Gasteiger partial charge in [-0.05, 0) is 63.4 Å². The van der Waals surface area contributed by atoms with E-state index in [1.165, 1.54) is 0 Å². The summed E-state index contributed by atoms with van der Waals surface area (Å²) < 4.78 is 11.6. The number of hydrogen-bond donors (Lipinski definition) is 1. The molecule has 0 saturated carbocycles. The van der Waals surface area contributed by atoms with Crippen molar-refractivity contribution in [1.29, 1.82) is 0 Å². The summed E-state index contributed by atoms with van der Waals surface area (Å²) in [5.74, 6) is 0.668. The Morgan fingerprint density at radius 2 is 1.79 bits per heavy atom. The van der Waals surface area contributed by atoms with Crippen LogP contribution in [0.5, 0.6) is 11.5 Å². The number of carbonyl (C=O) groups is 1. The van der Waals surface area contributed by atoms with Crippen LogP contribution in [-0.2, 0) is 4.79 Å². The summed E-state index contributed by atoms with van der Waals surface area (Å²) in [7, 11) is 0. The third-order valence-corrected chi connectivity index (χ3v) is 5.40. The number of aliphatic carboxylic acids is 1. The number of piperidine rings is 1. The van der Waals surface area contributed by atoms with Crippen LogP contribution in [0.1, 0.15) is 55.8 Å². The average molecular weight is 398 g/mol. The first-order valence-corrected chi connectivity index (χ1v) is 10.5. The quantitative estimate of drug-likeness (QED) is 0.692. The molecule has 0 spiro atoms. The molecule has 1 fully saturated rings. The van der Waals surface area contributed by atoms with E-state index in [-0.39, 0.29) is 6.04 Å². The zero-order valence-electron chi connectivity index (χ0n) is 17.6. The van der Waals surface area contributed by atoms with Crippen molar-refractivity contribution >= 4 is 5.97 Å². The van der Waals surface area contributed by atoms with Crippen molar-refractivity contribution in [2.24, 2.45) is 0 Å². The van der Waals surface area contributed by atoms with Gasteiger partial charge in [0, 0.05) is 0 Å². The molecule has 5 heteroatoms. The second kappa shape index (κ2) is 9.79. The summed E-state index contributed by atoms with van der Waals surface area (Å²) in [5.41, 5.74) is 3.28. The SMILES string of the molecule is CCOc1ccc(C(c2cccc(C)c2)N2CCCCC2C(=O)O)cc1OCC. The summed E-state index contributed by atoms with van der Waals surface area (Å²) >= 11 is 0. The highest BCUT2D eigenvalue weighted by atomic mass is 16.5. The van der Waals surface area contributed by atoms with E-state index in [0.717, 1.165) is 41.8 Å². The molecule has 2 aromatic carbocycles. The molecule has 29 heavy (non-hydrogen) atoms. The van der Waals surface area contributed by atoms with E-state index < -0.39 is 12.0 Å². The van der Waals surface area contributed by atoms with Gasteiger partial charge in [-0.15, -0.1) is 0 Å². The van der Waals surface area contributed by atoms with Crippen LogP contribution in [0.4, 0.5) is 0 Å². The minimum atomic E-state index is -0.752. The van der Waals surface area contributed by atoms with Gasteiger partial charge >= 0.3 is 5.97 Å². The fraction of sp³-hybridized carbons (Fsp3) is 0.458. The number of nitrogens with zero attached hydrogens (tertiary/aromatic N) is 1. The molecular weight excluding hydrogens is 366 g/mol. The molecular formula is C24H31NO4. The Hall–Kier alpha value is -2.53. The highest BCUT2D eigenvalue weighted by Gasteiger charge is 2.35. The van der Waals surface area contributed by atoms with E-state index in [1.54, 1.807) is 0 Å². The first-order chi connectivity index (χ1) is 14.0. The number of carboxylic acid groups (broad SMARTS) is 1. The molecule has 1 aliphatic rings. The monoisotopic (exact) mass is 397 g/mol. The number of benzene rings is 2. The van der Waals surface area contributed by atoms with Gasteiger partial charge in [0.1, 0.15) is 6.04 Å². The van der Waals surface area contributed by atoms with E-state index in [1.807, 2.05) is 38.1 Å². The molecule has 5 nitrogen and oxygen atoms in total. The maximum absolute atomic E-state index is 12.0. The van der Waals surface area contributed by atoms with Crippen LogP contribution in [0.15, 0.2) is 42.5 Å². The van der Waals surface area contributed by atoms with Crippen LogP contribution in [-0.4, -0.2) is 41.8 Å². The number of likely N-dealkylation sites (tertiary alicyclic amines) is 1. The lowest BCUT2D eigenvalue weighted by Gasteiger charge is -2.40. The van der Waals surface area contributed by atoms with Crippen molar-refractivity contribution in [2.45, 2.75) is 52.1 Å². The summed E-state index contributed by atoms with van der Waals surface area (Å²) in [6.07, 6.45) is 2.62. The molecule has 3 rings (SSSR count). The molecule has 1 aliphatic heterocycles. The first-order valence-electron chi connectivity index (χ1n) is 10.5. The number of carboxylic acids is 1. The van der Waals surface area contributed by atoms with Crippen LogP contribution >= 0.6 is 0 Å². The van der Waals surface area contributed by atoms with Crippen molar-refractivity contribution < 1.29 is 19.4 Å². The van der Waals surface area contributed by atoms with Crippen LogP contribution in [0.3, 0.4) is 0 Å². The molecule has 1 heterocycles. The zero-order chi connectivity index (χ0) is 20.8. The van der Waals surface area contributed by atoms with Crippen LogP contribution in [0, 0.1) is 6.92 Å². The Bertz CT molecular complexity index is 835. The molecule has 0 amide bonds. The minimum absolute atomic E-state index is 0.147. The Morgan fingerprint density at radius 1 is 1.07 bits per heavy atom. The standard InChI is InChI=1S/C24H31NO4/c1-4-28-21-13-12-19(16-22(21)29-5-2)23(18-10-8-9-17(3)15-18)25-14-7-6-11-20(25)24(26)27/h8-10,12-13,15-16,20,23H,4-7,11,14H2,1-3H3,(H,26,27). The normalized spacial score (nSPS) is 18.2. The van der Waals surface area contributed by atoms with E-state index in [4.69, 9.17) is 9.47 Å². The maximum atomic E-state index is 12.0. The number of rotatable bonds is 8. The second-order valence-electron chi connectivity index (χ2n) is 7.48. The fourth-order valence-corrected chi connectivity index (χ4v) is 4.18. The summed E-state index contributed by atoms with van der Waals surface area (Å²) in [5, 5.41) is 9.87. The van der Waals surface area contributed by atoms with Crippen LogP contribution < -0.4 is 9.47 Å². The van der Waals surface area contributed by atoms with Crippen LogP contribution in [0.25, 0.3) is 0 Å². The third-order valence-electron chi connectivity index (χ3n) is 5.40. The van der Waals surface area contributed by atoms with Gasteiger partial charge < -0.3 is 14.6 Å². The van der Waals surface area contributed by atoms with Gasteiger partial charge in [-0.3, -0.25) is 9.69 Å². The van der Waals surface area contributed by atoms with Gasteiger partial charge in [0.05, 0.1) is 19.3 Å². The molecule has 1 saturated heterocycles. The lowest BCUT2D eigenvalue weighted by Crippen LogP contribution is -2.46. The van der Waals surface area contributed by atoms with Gasteiger partial charge in [-0.25, -0.2) is 0 Å². The number of hydrogen-bond acceptors (Lipinski definition) is 4. The summed E-state index contributed by atoms with van der Waals surface area (Å²) in [4.78, 5) is 14.2. The van der Waals surface area contributed by atoms with Crippen molar-refractivity contribution in [3.8, 4) is 11.5 Å². The van der Waals surface area contributed by atoms with Crippen molar-refractivity contribution in [3.05, 3.63) is 59.2 Å². The average Bonchev–Trinajstić information content (AvgIpc) is 2.71. The Balaban J connectivity index is 2.10. The van der Waals surface area contributed by atoms with Crippen molar-refractivity contribution in [1.82, 2.24) is 4.90 Å². The smallest absolute Gasteiger partial charge is 0.320 e. The number of ether oxygens (including phenoxy) is 2. The summed E-state index contributed by atoms with van der Waals surface area (Å²) in [6.45, 7) is 7.83. The summed E-state index contributed by atoms with van der Waals surface area (Å²) in [6, 6.07) is 13.7. The largest absolute Gasteiger partial charge is 0.490 e. The third kappa shape index (κ3) is 4.91. The molecule has 0 aliphatic carbocycles. The van der Waals surface area contributed by atoms with Gasteiger partial charge in [0.2, 0.25) is 0 Å². The molecule has 0 radical (unpaired) electrons. The molecule has 156 valence electrons. The lowest BCUT2D eigenvalue weighted by atomic mass is 9.91. The van der Waals surface area contributed by atoms with Crippen molar-refractivity contribution in [2.75, 3.05) is 19.8 Å². The Labute approximate surface area is 173 Å². The zero-order valence-corrected chi connectivity index (χ0v) is 17.6. The highest BCUT2D eigenvalue weighted by molar-refractivity contribution is 5.73. The predicted molar refractivity (Wildman–Crippen MR) is 114 cm³/mol. The fourth-order valence-electron chi connectivity index (χ4n) is 4.18. The van der Waals surface area contributed by atoms with Gasteiger partial charge in [-0.2, -0.15) is 0 Å². The predicted octanol–water partition coefficient (Wildman–Crippen LogP) is 4.82. The second-order valence-corrected chi connectivity index (χ2v) is 7.48. The first kappa shape index (κ1) is 21.2. The molecule has 2 aromatic rings. The maximum Gasteiger partial charge on any atom is 0.320 e. The van der Waals surface area contributed by atoms with Crippen LogP contribution in [0.2, 0.25) is 0 Å². The topological polar surface area (TPSA) is 59.0 Å². The molecule has 1 N–H and O–H groups in total. The minimum Gasteiger partial charge on any atom is -0.490 e. The number of aryl methyl sites for hydroxylation is 1. The van der Waals surface area contributed by atoms with Gasteiger partial charge in [0.15, 0.2) is 11.5 Å². The van der Waals surface area contributed by atoms with E-state index in [2.05, 4.69) is 30.0 Å². The Kier molecular flexibility index (Phi) is 7.15. The van der Waals surface area contributed by atoms with E-state index in [0.29, 0.717) is 25.4 Å². The highest BCUT2D eigenvalue weighted by Crippen LogP contribution is 2.38. The molecule has 2 unspecified atom stereocenters. The molecule has 0 bridgehead atoms.